The van der Waals surface area contributed by atoms with Crippen molar-refractivity contribution in [3.05, 3.63) is 11.3 Å². The molecule has 0 aromatic heterocycles. The van der Waals surface area contributed by atoms with Gasteiger partial charge in [-0.15, -0.1) is 5.70 Å². The molecule has 0 aliphatic rings. The van der Waals surface area contributed by atoms with Crippen LogP contribution < -0.4 is 0 Å². The van der Waals surface area contributed by atoms with Gasteiger partial charge in [0.2, 0.25) is 0 Å². The summed E-state index contributed by atoms with van der Waals surface area (Å²) in [6, 6.07) is 0. The van der Waals surface area contributed by atoms with Gasteiger partial charge in [0.1, 0.15) is 0 Å². The van der Waals surface area contributed by atoms with E-state index in [9.17, 15) is 0 Å². The van der Waals surface area contributed by atoms with E-state index in [1.165, 1.54) is 12.0 Å². The second kappa shape index (κ2) is 7.43. The molecule has 0 aliphatic heterocycles. The molecule has 0 bridgehead atoms. The molecule has 0 radical (unpaired) electrons. The summed E-state index contributed by atoms with van der Waals surface area (Å²) in [6.07, 6.45) is 2.21. The minimum atomic E-state index is 0.0820. The molecule has 0 rings (SSSR count). The van der Waals surface area contributed by atoms with Crippen LogP contribution in [0.1, 0.15) is 40.5 Å². The summed E-state index contributed by atoms with van der Waals surface area (Å²) in [5, 5.41) is 9.36. The molecule has 84 valence electrons. The van der Waals surface area contributed by atoms with Gasteiger partial charge in [-0.1, -0.05) is 25.1 Å². The summed E-state index contributed by atoms with van der Waals surface area (Å²) in [7, 11) is 0.180. The summed E-state index contributed by atoms with van der Waals surface area (Å²) in [4.78, 5) is 0. The van der Waals surface area contributed by atoms with Crippen molar-refractivity contribution < 1.29 is 5.11 Å². The van der Waals surface area contributed by atoms with Gasteiger partial charge in [-0.25, -0.2) is 0 Å². The fraction of sp³-hybridized carbons (Fsp3) is 0.818. The van der Waals surface area contributed by atoms with E-state index in [0.29, 0.717) is 11.6 Å². The first-order valence-electron chi connectivity index (χ1n) is 5.72. The van der Waals surface area contributed by atoms with Gasteiger partial charge < -0.3 is 5.11 Å². The lowest BCUT2D eigenvalue weighted by Crippen LogP contribution is -2.15. The highest BCUT2D eigenvalue weighted by molar-refractivity contribution is 6.60. The van der Waals surface area contributed by atoms with Crippen LogP contribution in [0.3, 0.4) is 0 Å². The number of hydrogen-bond donors (Lipinski definition) is 1. The topological polar surface area (TPSA) is 20.2 Å². The molecular weight excluding hydrogens is 204 g/mol. The smallest absolute Gasteiger partial charge is 0.0431 e. The third-order valence-corrected chi connectivity index (χ3v) is 8.48. The molecule has 0 aromatic carbocycles. The Morgan fingerprint density at radius 2 is 2.00 bits per heavy atom. The van der Waals surface area contributed by atoms with Crippen LogP contribution in [-0.4, -0.2) is 30.8 Å². The zero-order valence-corrected chi connectivity index (χ0v) is 13.1. The van der Waals surface area contributed by atoms with Crippen molar-refractivity contribution in [3.63, 3.8) is 0 Å². The largest absolute Gasteiger partial charge is 0.396 e. The Kier molecular flexibility index (Phi) is 7.50. The van der Waals surface area contributed by atoms with Crippen molar-refractivity contribution >= 4 is 19.0 Å². The van der Waals surface area contributed by atoms with E-state index in [0.717, 1.165) is 6.42 Å². The van der Waals surface area contributed by atoms with Gasteiger partial charge in [0, 0.05) is 25.6 Å². The normalized spacial score (nSPS) is 13.2. The molecule has 0 spiro atoms. The fourth-order valence-electron chi connectivity index (χ4n) is 1.65. The molecule has 0 aliphatic carbocycles. The molecule has 0 aromatic rings. The van der Waals surface area contributed by atoms with E-state index >= 15 is 0 Å². The zero-order valence-electron chi connectivity index (χ0n) is 10.3. The average Bonchev–Trinajstić information content (AvgIpc) is 2.09. The molecule has 14 heavy (non-hydrogen) atoms. The molecule has 0 amide bonds. The van der Waals surface area contributed by atoms with E-state index in [1.54, 1.807) is 5.67 Å². The quantitative estimate of drug-likeness (QED) is 0.520. The Hall–Kier alpha value is 0.134. The average molecular weight is 230 g/mol. The summed E-state index contributed by atoms with van der Waals surface area (Å²) in [5.41, 5.74) is 5.53. The van der Waals surface area contributed by atoms with Gasteiger partial charge in [-0.2, -0.15) is 0 Å². The van der Waals surface area contributed by atoms with Crippen molar-refractivity contribution in [2.45, 2.75) is 51.2 Å². The molecule has 0 fully saturated rings. The van der Waals surface area contributed by atoms with Gasteiger partial charge in [-0.3, -0.25) is 0 Å². The summed E-state index contributed by atoms with van der Waals surface area (Å²) in [5.74, 6) is 0. The van der Waals surface area contributed by atoms with Gasteiger partial charge >= 0.3 is 0 Å². The van der Waals surface area contributed by atoms with Crippen LogP contribution in [0.4, 0.5) is 0 Å². The maximum absolute atomic E-state index is 8.79. The van der Waals surface area contributed by atoms with E-state index < -0.39 is 0 Å². The van der Waals surface area contributed by atoms with E-state index in [-0.39, 0.29) is 19.0 Å². The van der Waals surface area contributed by atoms with E-state index in [1.807, 2.05) is 0 Å². The Morgan fingerprint density at radius 3 is 2.50 bits per heavy atom. The predicted octanol–water partition coefficient (Wildman–Crippen LogP) is 1.59. The Bertz CT molecular complexity index is 172. The predicted molar refractivity (Wildman–Crippen MR) is 71.7 cm³/mol. The van der Waals surface area contributed by atoms with Crippen LogP contribution in [-0.2, 0) is 0 Å². The van der Waals surface area contributed by atoms with Crippen LogP contribution >= 0.6 is 0 Å². The van der Waals surface area contributed by atoms with E-state index in [4.69, 9.17) is 5.11 Å². The first-order chi connectivity index (χ1) is 6.48. The van der Waals surface area contributed by atoms with Gasteiger partial charge in [0.05, 0.1) is 0 Å². The van der Waals surface area contributed by atoms with Crippen molar-refractivity contribution in [2.24, 2.45) is 0 Å². The van der Waals surface area contributed by atoms with Crippen molar-refractivity contribution in [3.8, 4) is 0 Å². The molecule has 3 heteroatoms. The van der Waals surface area contributed by atoms with Gasteiger partial charge in [-0.05, 0) is 31.7 Å². The third-order valence-electron chi connectivity index (χ3n) is 2.62. The Balaban J connectivity index is 3.59. The highest BCUT2D eigenvalue weighted by atomic mass is 28.3. The van der Waals surface area contributed by atoms with Crippen molar-refractivity contribution in [1.82, 2.24) is 0 Å². The third kappa shape index (κ3) is 8.72. The number of aliphatic hydroxyl groups excluding tert-OH is 1. The SMILES string of the molecule is CC(C)=C[SiH2]C[SiH2]C(C)(C)CCCO. The zero-order chi connectivity index (χ0) is 11.0. The minimum Gasteiger partial charge on any atom is -0.396 e. The second-order valence-corrected chi connectivity index (χ2v) is 11.4. The Morgan fingerprint density at radius 1 is 1.36 bits per heavy atom. The van der Waals surface area contributed by atoms with Crippen LogP contribution in [0.15, 0.2) is 11.3 Å². The van der Waals surface area contributed by atoms with Crippen molar-refractivity contribution in [2.75, 3.05) is 6.61 Å². The van der Waals surface area contributed by atoms with Crippen molar-refractivity contribution in [1.29, 1.82) is 0 Å². The highest BCUT2D eigenvalue weighted by Gasteiger charge is 2.16. The summed E-state index contributed by atoms with van der Waals surface area (Å²) >= 11 is 0. The molecule has 0 heterocycles. The standard InChI is InChI=1S/C11H26OSi2/c1-10(2)8-13-9-14-11(3,4)6-5-7-12/h8,12H,5-7,9,13-14H2,1-4H3. The maximum atomic E-state index is 8.79. The molecule has 0 saturated heterocycles. The van der Waals surface area contributed by atoms with E-state index in [2.05, 4.69) is 33.4 Å². The van der Waals surface area contributed by atoms with Gasteiger partial charge in [0.25, 0.3) is 0 Å². The summed E-state index contributed by atoms with van der Waals surface area (Å²) < 4.78 is 0. The molecule has 1 N–H and O–H groups in total. The molecule has 0 atom stereocenters. The van der Waals surface area contributed by atoms with Crippen LogP contribution in [0.25, 0.3) is 0 Å². The monoisotopic (exact) mass is 230 g/mol. The molecule has 1 nitrogen and oxygen atoms in total. The summed E-state index contributed by atoms with van der Waals surface area (Å²) in [6.45, 7) is 9.53. The molecule has 0 unspecified atom stereocenters. The lowest BCUT2D eigenvalue weighted by molar-refractivity contribution is 0.277. The van der Waals surface area contributed by atoms with Crippen LogP contribution in [0.2, 0.25) is 10.7 Å². The second-order valence-electron chi connectivity index (χ2n) is 5.17. The fourth-order valence-corrected chi connectivity index (χ4v) is 8.19. The van der Waals surface area contributed by atoms with Crippen LogP contribution in [0, 0.1) is 0 Å². The lowest BCUT2D eigenvalue weighted by atomic mass is 10.1. The first kappa shape index (κ1) is 14.1. The number of aliphatic hydroxyl groups is 1. The minimum absolute atomic E-state index is 0.0820. The number of hydrogen-bond acceptors (Lipinski definition) is 1. The van der Waals surface area contributed by atoms with Gasteiger partial charge in [0.15, 0.2) is 0 Å². The molecular formula is C11H26OSi2. The Labute approximate surface area is 93.6 Å². The first-order valence-corrected chi connectivity index (χ1v) is 9.24. The molecule has 0 saturated carbocycles. The number of rotatable bonds is 7. The van der Waals surface area contributed by atoms with Crippen LogP contribution in [0.5, 0.6) is 0 Å². The number of allylic oxidation sites excluding steroid dienone is 1. The highest BCUT2D eigenvalue weighted by Crippen LogP contribution is 2.29. The lowest BCUT2D eigenvalue weighted by Gasteiger charge is -2.23. The maximum Gasteiger partial charge on any atom is 0.0431 e.